The van der Waals surface area contributed by atoms with E-state index in [2.05, 4.69) is 0 Å². The van der Waals surface area contributed by atoms with E-state index in [-0.39, 0.29) is 25.4 Å². The lowest BCUT2D eigenvalue weighted by Gasteiger charge is -2.37. The fourth-order valence-corrected chi connectivity index (χ4v) is 5.36. The predicted molar refractivity (Wildman–Crippen MR) is 138 cm³/mol. The van der Waals surface area contributed by atoms with Crippen molar-refractivity contribution in [1.82, 2.24) is 0 Å². The SMILES string of the molecule is N[C@]1(c2cccc(F)c2F)CO[C@@H](COC(c2ccccc2)(c2ccccc2)c2ccccc2)[C@@H]1CO. The number of nitrogens with two attached hydrogens (primary N) is 1. The van der Waals surface area contributed by atoms with Gasteiger partial charge in [-0.15, -0.1) is 0 Å². The van der Waals surface area contributed by atoms with Gasteiger partial charge < -0.3 is 20.3 Å². The van der Waals surface area contributed by atoms with Crippen molar-refractivity contribution in [2.24, 2.45) is 11.7 Å². The van der Waals surface area contributed by atoms with Crippen molar-refractivity contribution in [3.63, 3.8) is 0 Å². The van der Waals surface area contributed by atoms with Gasteiger partial charge in [0, 0.05) is 11.5 Å². The Labute approximate surface area is 215 Å². The summed E-state index contributed by atoms with van der Waals surface area (Å²) in [5, 5.41) is 10.3. The van der Waals surface area contributed by atoms with Gasteiger partial charge in [0.05, 0.1) is 31.5 Å². The highest BCUT2D eigenvalue weighted by Gasteiger charge is 2.50. The Morgan fingerprint density at radius 1 is 0.811 bits per heavy atom. The molecule has 4 nitrogen and oxygen atoms in total. The lowest BCUT2D eigenvalue weighted by Crippen LogP contribution is -2.48. The number of hydrogen-bond acceptors (Lipinski definition) is 4. The number of aliphatic hydroxyl groups excluding tert-OH is 1. The summed E-state index contributed by atoms with van der Waals surface area (Å²) in [4.78, 5) is 0. The molecule has 0 bridgehead atoms. The van der Waals surface area contributed by atoms with E-state index in [0.29, 0.717) is 0 Å². The van der Waals surface area contributed by atoms with Crippen LogP contribution in [0.2, 0.25) is 0 Å². The molecule has 1 heterocycles. The third-order valence-corrected chi connectivity index (χ3v) is 7.30. The van der Waals surface area contributed by atoms with Crippen LogP contribution in [0.25, 0.3) is 0 Å². The van der Waals surface area contributed by atoms with Crippen LogP contribution in [0.1, 0.15) is 22.3 Å². The molecule has 1 aliphatic rings. The number of ether oxygens (including phenoxy) is 2. The fourth-order valence-electron chi connectivity index (χ4n) is 5.36. The molecule has 4 aromatic carbocycles. The monoisotopic (exact) mass is 501 g/mol. The molecule has 1 fully saturated rings. The van der Waals surface area contributed by atoms with Gasteiger partial charge in [-0.05, 0) is 22.8 Å². The lowest BCUT2D eigenvalue weighted by atomic mass is 9.78. The maximum Gasteiger partial charge on any atom is 0.163 e. The van der Waals surface area contributed by atoms with Gasteiger partial charge in [-0.2, -0.15) is 0 Å². The molecule has 3 atom stereocenters. The quantitative estimate of drug-likeness (QED) is 0.329. The zero-order valence-electron chi connectivity index (χ0n) is 20.3. The van der Waals surface area contributed by atoms with E-state index in [1.807, 2.05) is 91.0 Å². The smallest absolute Gasteiger partial charge is 0.163 e. The first-order valence-corrected chi connectivity index (χ1v) is 12.3. The molecule has 190 valence electrons. The molecule has 37 heavy (non-hydrogen) atoms. The minimum atomic E-state index is -1.41. The summed E-state index contributed by atoms with van der Waals surface area (Å²) in [5.41, 5.74) is 6.95. The molecule has 6 heteroatoms. The van der Waals surface area contributed by atoms with Crippen molar-refractivity contribution < 1.29 is 23.4 Å². The molecule has 0 amide bonds. The molecule has 4 aromatic rings. The fraction of sp³-hybridized carbons (Fsp3) is 0.226. The minimum absolute atomic E-state index is 0.0190. The highest BCUT2D eigenvalue weighted by Crippen LogP contribution is 2.43. The molecule has 0 unspecified atom stereocenters. The first kappa shape index (κ1) is 25.2. The van der Waals surface area contributed by atoms with E-state index in [0.717, 1.165) is 22.8 Å². The van der Waals surface area contributed by atoms with Gasteiger partial charge in [-0.25, -0.2) is 8.78 Å². The normalized spacial score (nSPS) is 21.7. The molecule has 1 aliphatic heterocycles. The number of halogens is 2. The second kappa shape index (κ2) is 10.5. The van der Waals surface area contributed by atoms with Crippen LogP contribution in [0, 0.1) is 17.6 Å². The summed E-state index contributed by atoms with van der Waals surface area (Å²) < 4.78 is 41.6. The number of rotatable bonds is 8. The highest BCUT2D eigenvalue weighted by atomic mass is 19.2. The third-order valence-electron chi connectivity index (χ3n) is 7.30. The van der Waals surface area contributed by atoms with Crippen LogP contribution in [0.5, 0.6) is 0 Å². The third kappa shape index (κ3) is 4.47. The van der Waals surface area contributed by atoms with Crippen molar-refractivity contribution in [3.8, 4) is 0 Å². The second-order valence-corrected chi connectivity index (χ2v) is 9.37. The summed E-state index contributed by atoms with van der Waals surface area (Å²) in [5.74, 6) is -2.74. The van der Waals surface area contributed by atoms with Crippen LogP contribution in [-0.4, -0.2) is 31.0 Å². The summed E-state index contributed by atoms with van der Waals surface area (Å²) >= 11 is 0. The summed E-state index contributed by atoms with van der Waals surface area (Å²) in [7, 11) is 0. The number of hydrogen-bond donors (Lipinski definition) is 2. The Morgan fingerprint density at radius 3 is 1.81 bits per heavy atom. The zero-order valence-corrected chi connectivity index (χ0v) is 20.3. The van der Waals surface area contributed by atoms with Crippen molar-refractivity contribution in [1.29, 1.82) is 0 Å². The van der Waals surface area contributed by atoms with Gasteiger partial charge in [0.1, 0.15) is 5.60 Å². The van der Waals surface area contributed by atoms with Crippen molar-refractivity contribution in [2.75, 3.05) is 19.8 Å². The van der Waals surface area contributed by atoms with E-state index in [9.17, 15) is 13.9 Å². The Bertz CT molecular complexity index is 1220. The number of benzene rings is 4. The molecule has 0 spiro atoms. The average Bonchev–Trinajstić information content (AvgIpc) is 3.28. The Kier molecular flexibility index (Phi) is 7.17. The topological polar surface area (TPSA) is 64.7 Å². The Hall–Kier alpha value is -3.42. The van der Waals surface area contributed by atoms with Gasteiger partial charge in [-0.3, -0.25) is 0 Å². The van der Waals surface area contributed by atoms with Crippen molar-refractivity contribution >= 4 is 0 Å². The molecule has 0 aromatic heterocycles. The van der Waals surface area contributed by atoms with Crippen molar-refractivity contribution in [2.45, 2.75) is 17.2 Å². The van der Waals surface area contributed by atoms with Crippen molar-refractivity contribution in [3.05, 3.63) is 143 Å². The van der Waals surface area contributed by atoms with Crippen LogP contribution < -0.4 is 5.73 Å². The van der Waals surface area contributed by atoms with Gasteiger partial charge in [0.25, 0.3) is 0 Å². The molecular formula is C31H29F2NO3. The van der Waals surface area contributed by atoms with Crippen LogP contribution >= 0.6 is 0 Å². The summed E-state index contributed by atoms with van der Waals surface area (Å²) in [6, 6.07) is 33.5. The van der Waals surface area contributed by atoms with E-state index >= 15 is 0 Å². The molecule has 3 N–H and O–H groups in total. The van der Waals surface area contributed by atoms with Crippen LogP contribution in [-0.2, 0) is 20.6 Å². The van der Waals surface area contributed by atoms with E-state index in [1.54, 1.807) is 0 Å². The van der Waals surface area contributed by atoms with Gasteiger partial charge >= 0.3 is 0 Å². The standard InChI is InChI=1S/C31H29F2NO3/c32-27-18-10-17-25(29(27)33)30(34)21-36-28(26(30)19-35)20-37-31(22-11-4-1-5-12-22,23-13-6-2-7-14-23)24-15-8-3-9-16-24/h1-18,26,28,35H,19-21,34H2/t26-,28-,30-/m0/s1. The van der Waals surface area contributed by atoms with Crippen LogP contribution in [0.4, 0.5) is 8.78 Å². The van der Waals surface area contributed by atoms with Gasteiger partial charge in [0.2, 0.25) is 0 Å². The summed E-state index contributed by atoms with van der Waals surface area (Å²) in [6.07, 6.45) is -0.659. The van der Waals surface area contributed by atoms with E-state index in [4.69, 9.17) is 15.2 Å². The molecule has 1 saturated heterocycles. The zero-order chi connectivity index (χ0) is 25.9. The molecule has 0 radical (unpaired) electrons. The molecular weight excluding hydrogens is 472 g/mol. The highest BCUT2D eigenvalue weighted by molar-refractivity contribution is 5.47. The largest absolute Gasteiger partial charge is 0.396 e. The van der Waals surface area contributed by atoms with Crippen LogP contribution in [0.3, 0.4) is 0 Å². The van der Waals surface area contributed by atoms with Gasteiger partial charge in [-0.1, -0.05) is 103 Å². The first-order chi connectivity index (χ1) is 18.0. The maximum absolute atomic E-state index is 14.8. The Morgan fingerprint density at radius 2 is 1.32 bits per heavy atom. The molecule has 0 aliphatic carbocycles. The van der Waals surface area contributed by atoms with Crippen LogP contribution in [0.15, 0.2) is 109 Å². The van der Waals surface area contributed by atoms with E-state index < -0.39 is 34.8 Å². The average molecular weight is 502 g/mol. The van der Waals surface area contributed by atoms with Gasteiger partial charge in [0.15, 0.2) is 11.6 Å². The first-order valence-electron chi connectivity index (χ1n) is 12.3. The summed E-state index contributed by atoms with van der Waals surface area (Å²) in [6.45, 7) is -0.406. The minimum Gasteiger partial charge on any atom is -0.396 e. The lowest BCUT2D eigenvalue weighted by molar-refractivity contribution is -0.0603. The number of aliphatic hydroxyl groups is 1. The second-order valence-electron chi connectivity index (χ2n) is 9.37. The van der Waals surface area contributed by atoms with E-state index in [1.165, 1.54) is 12.1 Å². The Balaban J connectivity index is 1.55. The molecule has 5 rings (SSSR count). The maximum atomic E-state index is 14.8. The molecule has 0 saturated carbocycles. The predicted octanol–water partition coefficient (Wildman–Crippen LogP) is 5.13.